The molecule has 0 bridgehead atoms. The molecule has 1 aromatic heterocycles. The van der Waals surface area contributed by atoms with E-state index >= 15 is 0 Å². The van der Waals surface area contributed by atoms with Crippen molar-refractivity contribution in [3.05, 3.63) is 23.9 Å². The van der Waals surface area contributed by atoms with Gasteiger partial charge in [-0.15, -0.1) is 0 Å². The van der Waals surface area contributed by atoms with E-state index in [4.69, 9.17) is 0 Å². The molecule has 1 aliphatic heterocycles. The van der Waals surface area contributed by atoms with Crippen LogP contribution in [-0.2, 0) is 6.54 Å². The van der Waals surface area contributed by atoms with Gasteiger partial charge in [-0.2, -0.15) is 0 Å². The van der Waals surface area contributed by atoms with Gasteiger partial charge in [-0.1, -0.05) is 6.07 Å². The average Bonchev–Trinajstić information content (AvgIpc) is 3.34. The van der Waals surface area contributed by atoms with Crippen LogP contribution in [0.25, 0.3) is 0 Å². The maximum absolute atomic E-state index is 4.63. The lowest BCUT2D eigenvalue weighted by Crippen LogP contribution is -2.32. The summed E-state index contributed by atoms with van der Waals surface area (Å²) < 4.78 is 0. The van der Waals surface area contributed by atoms with E-state index in [0.717, 1.165) is 18.4 Å². The zero-order valence-corrected chi connectivity index (χ0v) is 14.3. The number of hydrogen-bond donors (Lipinski definition) is 0. The molecular formula is C18H30N4. The molecule has 2 aliphatic rings. The fourth-order valence-corrected chi connectivity index (χ4v) is 3.20. The molecule has 1 saturated heterocycles. The summed E-state index contributed by atoms with van der Waals surface area (Å²) in [5.41, 5.74) is 1.33. The molecule has 0 N–H and O–H groups in total. The summed E-state index contributed by atoms with van der Waals surface area (Å²) in [6.07, 6.45) is 6.21. The van der Waals surface area contributed by atoms with Crippen LogP contribution in [0.1, 0.15) is 38.7 Å². The van der Waals surface area contributed by atoms with Crippen LogP contribution in [0.4, 0.5) is 5.82 Å². The first-order valence-corrected chi connectivity index (χ1v) is 8.77. The third kappa shape index (κ3) is 3.99. The highest BCUT2D eigenvalue weighted by atomic mass is 15.2. The molecule has 0 radical (unpaired) electrons. The molecule has 0 amide bonds. The molecule has 0 atom stereocenters. The van der Waals surface area contributed by atoms with E-state index < -0.39 is 0 Å². The molecule has 1 aliphatic carbocycles. The van der Waals surface area contributed by atoms with E-state index in [2.05, 4.69) is 58.9 Å². The van der Waals surface area contributed by atoms with Crippen molar-refractivity contribution < 1.29 is 0 Å². The van der Waals surface area contributed by atoms with Gasteiger partial charge in [-0.3, -0.25) is 9.80 Å². The van der Waals surface area contributed by atoms with Crippen LogP contribution < -0.4 is 4.90 Å². The SMILES string of the molecule is CC(C)N(C)c1ccc(CN2CCCN(C3CC3)CC2)cn1. The predicted molar refractivity (Wildman–Crippen MR) is 92.3 cm³/mol. The van der Waals surface area contributed by atoms with Crippen molar-refractivity contribution in [2.75, 3.05) is 38.1 Å². The van der Waals surface area contributed by atoms with Crippen molar-refractivity contribution in [2.24, 2.45) is 0 Å². The molecule has 0 aromatic carbocycles. The monoisotopic (exact) mass is 302 g/mol. The van der Waals surface area contributed by atoms with Crippen molar-refractivity contribution in [2.45, 2.75) is 51.7 Å². The molecule has 0 spiro atoms. The summed E-state index contributed by atoms with van der Waals surface area (Å²) in [7, 11) is 2.11. The van der Waals surface area contributed by atoms with E-state index in [-0.39, 0.29) is 0 Å². The molecule has 1 aromatic rings. The Kier molecular flexibility index (Phi) is 4.99. The molecule has 2 heterocycles. The molecule has 122 valence electrons. The van der Waals surface area contributed by atoms with Gasteiger partial charge in [0.2, 0.25) is 0 Å². The van der Waals surface area contributed by atoms with Crippen molar-refractivity contribution in [1.82, 2.24) is 14.8 Å². The van der Waals surface area contributed by atoms with E-state index in [1.165, 1.54) is 51.0 Å². The summed E-state index contributed by atoms with van der Waals surface area (Å²) in [5, 5.41) is 0. The summed E-state index contributed by atoms with van der Waals surface area (Å²) in [4.78, 5) is 12.1. The highest BCUT2D eigenvalue weighted by Gasteiger charge is 2.29. The Hall–Kier alpha value is -1.13. The number of aromatic nitrogens is 1. The lowest BCUT2D eigenvalue weighted by Gasteiger charge is -2.24. The van der Waals surface area contributed by atoms with Crippen LogP contribution in [0, 0.1) is 0 Å². The normalized spacial score (nSPS) is 21.1. The first-order valence-electron chi connectivity index (χ1n) is 8.77. The molecule has 2 fully saturated rings. The Morgan fingerprint density at radius 3 is 2.64 bits per heavy atom. The van der Waals surface area contributed by atoms with Gasteiger partial charge in [0.25, 0.3) is 0 Å². The van der Waals surface area contributed by atoms with Crippen molar-refractivity contribution in [1.29, 1.82) is 0 Å². The molecule has 4 nitrogen and oxygen atoms in total. The lowest BCUT2D eigenvalue weighted by atomic mass is 10.2. The highest BCUT2D eigenvalue weighted by molar-refractivity contribution is 5.39. The number of hydrogen-bond acceptors (Lipinski definition) is 4. The Balaban J connectivity index is 1.54. The van der Waals surface area contributed by atoms with Crippen molar-refractivity contribution in [3.63, 3.8) is 0 Å². The average molecular weight is 302 g/mol. The van der Waals surface area contributed by atoms with Crippen LogP contribution in [0.15, 0.2) is 18.3 Å². The standard InChI is InChI=1S/C18H30N4/c1-15(2)20(3)18-8-5-16(13-19-18)14-21-9-4-10-22(12-11-21)17-6-7-17/h5,8,13,15,17H,4,6-7,9-12,14H2,1-3H3. The van der Waals surface area contributed by atoms with Crippen LogP contribution in [-0.4, -0.2) is 60.1 Å². The van der Waals surface area contributed by atoms with Gasteiger partial charge < -0.3 is 4.90 Å². The minimum Gasteiger partial charge on any atom is -0.357 e. The van der Waals surface area contributed by atoms with Crippen LogP contribution >= 0.6 is 0 Å². The van der Waals surface area contributed by atoms with Crippen molar-refractivity contribution in [3.8, 4) is 0 Å². The first kappa shape index (κ1) is 15.8. The fraction of sp³-hybridized carbons (Fsp3) is 0.722. The van der Waals surface area contributed by atoms with E-state index in [1.807, 2.05) is 0 Å². The topological polar surface area (TPSA) is 22.6 Å². The van der Waals surface area contributed by atoms with Crippen LogP contribution in [0.5, 0.6) is 0 Å². The first-order chi connectivity index (χ1) is 10.6. The smallest absolute Gasteiger partial charge is 0.128 e. The Morgan fingerprint density at radius 2 is 2.00 bits per heavy atom. The summed E-state index contributed by atoms with van der Waals surface area (Å²) >= 11 is 0. The van der Waals surface area contributed by atoms with Gasteiger partial charge in [-0.25, -0.2) is 4.98 Å². The number of anilines is 1. The summed E-state index contributed by atoms with van der Waals surface area (Å²) in [5.74, 6) is 1.06. The number of nitrogens with zero attached hydrogens (tertiary/aromatic N) is 4. The van der Waals surface area contributed by atoms with Gasteiger partial charge in [-0.05, 0) is 57.8 Å². The third-order valence-corrected chi connectivity index (χ3v) is 5.04. The minimum atomic E-state index is 0.484. The zero-order chi connectivity index (χ0) is 15.5. The van der Waals surface area contributed by atoms with Gasteiger partial charge in [0.1, 0.15) is 5.82 Å². The van der Waals surface area contributed by atoms with Crippen LogP contribution in [0.3, 0.4) is 0 Å². The van der Waals surface area contributed by atoms with E-state index in [1.54, 1.807) is 0 Å². The molecular weight excluding hydrogens is 272 g/mol. The fourth-order valence-electron chi connectivity index (χ4n) is 3.20. The molecule has 4 heteroatoms. The number of pyridine rings is 1. The summed E-state index contributed by atoms with van der Waals surface area (Å²) in [6.45, 7) is 10.4. The second-order valence-corrected chi connectivity index (χ2v) is 7.13. The van der Waals surface area contributed by atoms with E-state index in [9.17, 15) is 0 Å². The molecule has 1 saturated carbocycles. The Labute approximate surface area is 135 Å². The highest BCUT2D eigenvalue weighted by Crippen LogP contribution is 2.27. The predicted octanol–water partition coefficient (Wildman–Crippen LogP) is 2.60. The Morgan fingerprint density at radius 1 is 1.18 bits per heavy atom. The molecule has 22 heavy (non-hydrogen) atoms. The Bertz CT molecular complexity index is 466. The maximum atomic E-state index is 4.63. The molecule has 3 rings (SSSR count). The maximum Gasteiger partial charge on any atom is 0.128 e. The minimum absolute atomic E-state index is 0.484. The molecule has 0 unspecified atom stereocenters. The van der Waals surface area contributed by atoms with Gasteiger partial charge in [0.05, 0.1) is 0 Å². The second-order valence-electron chi connectivity index (χ2n) is 7.13. The van der Waals surface area contributed by atoms with Crippen LogP contribution in [0.2, 0.25) is 0 Å². The van der Waals surface area contributed by atoms with Gasteiger partial charge >= 0.3 is 0 Å². The summed E-state index contributed by atoms with van der Waals surface area (Å²) in [6, 6.07) is 5.79. The number of rotatable bonds is 5. The van der Waals surface area contributed by atoms with Crippen molar-refractivity contribution >= 4 is 5.82 Å². The van der Waals surface area contributed by atoms with E-state index in [0.29, 0.717) is 6.04 Å². The largest absolute Gasteiger partial charge is 0.357 e. The zero-order valence-electron chi connectivity index (χ0n) is 14.3. The van der Waals surface area contributed by atoms with Gasteiger partial charge in [0.15, 0.2) is 0 Å². The second kappa shape index (κ2) is 6.97. The quantitative estimate of drug-likeness (QED) is 0.834. The lowest BCUT2D eigenvalue weighted by molar-refractivity contribution is 0.246. The third-order valence-electron chi connectivity index (χ3n) is 5.04. The van der Waals surface area contributed by atoms with Gasteiger partial charge in [0, 0.05) is 45.0 Å².